The van der Waals surface area contributed by atoms with Crippen LogP contribution in [0.3, 0.4) is 0 Å². The Morgan fingerprint density at radius 3 is 2.82 bits per heavy atom. The van der Waals surface area contributed by atoms with Gasteiger partial charge in [0.1, 0.15) is 4.83 Å². The third kappa shape index (κ3) is 3.45. The van der Waals surface area contributed by atoms with Gasteiger partial charge in [0.2, 0.25) is 0 Å². The number of methoxy groups -OCH3 is 1. The van der Waals surface area contributed by atoms with Gasteiger partial charge in [-0.2, -0.15) is 0 Å². The van der Waals surface area contributed by atoms with Crippen LogP contribution in [0.2, 0.25) is 0 Å². The van der Waals surface area contributed by atoms with Crippen molar-refractivity contribution in [3.63, 3.8) is 0 Å². The van der Waals surface area contributed by atoms with Crippen molar-refractivity contribution in [2.45, 2.75) is 46.8 Å². The normalized spacial score (nSPS) is 12.6. The second-order valence-corrected chi connectivity index (χ2v) is 6.50. The van der Waals surface area contributed by atoms with Crippen molar-refractivity contribution in [2.24, 2.45) is 0 Å². The molecule has 2 aromatic heterocycles. The summed E-state index contributed by atoms with van der Waals surface area (Å²) in [5.41, 5.74) is 8.77. The molecule has 0 radical (unpaired) electrons. The number of hydrazine groups is 1. The first-order chi connectivity index (χ1) is 10.5. The Morgan fingerprint density at radius 1 is 1.45 bits per heavy atom. The molecule has 0 aliphatic carbocycles. The number of thiophene rings is 1. The smallest absolute Gasteiger partial charge is 0.275 e. The molecule has 0 saturated carbocycles. The number of aryl methyl sites for hydroxylation is 2. The summed E-state index contributed by atoms with van der Waals surface area (Å²) in [6.07, 6.45) is 0.949. The van der Waals surface area contributed by atoms with E-state index in [0.29, 0.717) is 11.5 Å². The summed E-state index contributed by atoms with van der Waals surface area (Å²) in [5, 5.41) is 1.03. The minimum atomic E-state index is -0.109. The number of carbonyl (C=O) groups excluding carboxylic acids is 1. The Bertz CT molecular complexity index is 682. The number of ether oxygens (including phenoxy) is 1. The molecule has 6 heteroatoms. The Morgan fingerprint density at radius 2 is 2.18 bits per heavy atom. The number of nitrogens with one attached hydrogen (secondary N) is 2. The molecule has 1 amide bonds. The van der Waals surface area contributed by atoms with Crippen molar-refractivity contribution in [3.8, 4) is 0 Å². The molecule has 1 atom stereocenters. The molecule has 0 spiro atoms. The summed E-state index contributed by atoms with van der Waals surface area (Å²) in [5.74, 6) is -0.109. The molecule has 0 aliphatic heterocycles. The van der Waals surface area contributed by atoms with Crippen molar-refractivity contribution >= 4 is 27.5 Å². The molecule has 0 saturated heterocycles. The van der Waals surface area contributed by atoms with Crippen molar-refractivity contribution < 1.29 is 9.53 Å². The van der Waals surface area contributed by atoms with Crippen molar-refractivity contribution in [2.75, 3.05) is 7.11 Å². The first kappa shape index (κ1) is 16.9. The summed E-state index contributed by atoms with van der Waals surface area (Å²) in [6, 6.07) is 2.26. The van der Waals surface area contributed by atoms with Crippen LogP contribution < -0.4 is 10.9 Å². The Kier molecular flexibility index (Phi) is 5.50. The van der Waals surface area contributed by atoms with Crippen molar-refractivity contribution in [3.05, 3.63) is 27.8 Å². The second kappa shape index (κ2) is 7.17. The van der Waals surface area contributed by atoms with Crippen LogP contribution >= 0.6 is 11.3 Å². The van der Waals surface area contributed by atoms with Crippen LogP contribution in [0.4, 0.5) is 0 Å². The van der Waals surface area contributed by atoms with Gasteiger partial charge in [-0.25, -0.2) is 10.4 Å². The second-order valence-electron chi connectivity index (χ2n) is 5.50. The quantitative estimate of drug-likeness (QED) is 0.803. The van der Waals surface area contributed by atoms with Crippen LogP contribution in [0.5, 0.6) is 0 Å². The summed E-state index contributed by atoms with van der Waals surface area (Å²) >= 11 is 1.43. The molecule has 5 nitrogen and oxygen atoms in total. The first-order valence-corrected chi connectivity index (χ1v) is 8.24. The minimum Gasteiger partial charge on any atom is -0.380 e. The number of hydrogen-bond acceptors (Lipinski definition) is 5. The zero-order chi connectivity index (χ0) is 16.3. The van der Waals surface area contributed by atoms with Crippen LogP contribution in [-0.4, -0.2) is 24.0 Å². The van der Waals surface area contributed by atoms with Crippen LogP contribution in [0.25, 0.3) is 10.2 Å². The number of pyridine rings is 1. The summed E-state index contributed by atoms with van der Waals surface area (Å²) in [6.45, 7) is 8.53. The maximum absolute atomic E-state index is 12.4. The maximum atomic E-state index is 12.4. The number of amides is 1. The zero-order valence-electron chi connectivity index (χ0n) is 13.7. The third-order valence-electron chi connectivity index (χ3n) is 3.66. The fourth-order valence-electron chi connectivity index (χ4n) is 2.31. The topological polar surface area (TPSA) is 63.2 Å². The highest BCUT2D eigenvalue weighted by Gasteiger charge is 2.19. The number of hydrogen-bond donors (Lipinski definition) is 2. The van der Waals surface area contributed by atoms with Gasteiger partial charge in [0.05, 0.1) is 11.5 Å². The highest BCUT2D eigenvalue weighted by atomic mass is 32.1. The molecular weight excluding hydrogens is 298 g/mol. The van der Waals surface area contributed by atoms with E-state index in [0.717, 1.165) is 33.5 Å². The van der Waals surface area contributed by atoms with Gasteiger partial charge in [-0.1, -0.05) is 6.92 Å². The van der Waals surface area contributed by atoms with E-state index in [2.05, 4.69) is 22.8 Å². The highest BCUT2D eigenvalue weighted by molar-refractivity contribution is 7.20. The lowest BCUT2D eigenvalue weighted by Crippen LogP contribution is -2.42. The third-order valence-corrected chi connectivity index (χ3v) is 4.85. The Labute approximate surface area is 135 Å². The molecular formula is C16H23N3O2S. The molecule has 2 aromatic rings. The van der Waals surface area contributed by atoms with E-state index in [-0.39, 0.29) is 11.9 Å². The molecule has 2 rings (SSSR count). The molecule has 0 aliphatic rings. The number of nitrogens with zero attached hydrogens (tertiary/aromatic N) is 1. The average Bonchev–Trinajstić information content (AvgIpc) is 2.81. The van der Waals surface area contributed by atoms with E-state index < -0.39 is 0 Å². The molecule has 120 valence electrons. The van der Waals surface area contributed by atoms with E-state index >= 15 is 0 Å². The van der Waals surface area contributed by atoms with E-state index in [1.807, 2.05) is 26.8 Å². The number of rotatable bonds is 6. The van der Waals surface area contributed by atoms with E-state index in [1.165, 1.54) is 11.3 Å². The van der Waals surface area contributed by atoms with Crippen LogP contribution in [0, 0.1) is 13.8 Å². The van der Waals surface area contributed by atoms with E-state index in [1.54, 1.807) is 7.11 Å². The van der Waals surface area contributed by atoms with E-state index in [9.17, 15) is 4.79 Å². The predicted octanol–water partition coefficient (Wildman–Crippen LogP) is 3.09. The lowest BCUT2D eigenvalue weighted by atomic mass is 10.1. The van der Waals surface area contributed by atoms with Crippen molar-refractivity contribution in [1.29, 1.82) is 0 Å². The minimum absolute atomic E-state index is 0.109. The van der Waals surface area contributed by atoms with Gasteiger partial charge in [0, 0.05) is 24.2 Å². The summed E-state index contributed by atoms with van der Waals surface area (Å²) < 4.78 is 5.27. The van der Waals surface area contributed by atoms with Gasteiger partial charge in [0.25, 0.3) is 5.91 Å². The number of carbonyl (C=O) groups is 1. The van der Waals surface area contributed by atoms with Gasteiger partial charge in [0.15, 0.2) is 0 Å². The molecule has 1 unspecified atom stereocenters. The number of fused-ring (bicyclic) bond motifs is 1. The highest BCUT2D eigenvalue weighted by Crippen LogP contribution is 2.32. The maximum Gasteiger partial charge on any atom is 0.275 e. The summed E-state index contributed by atoms with van der Waals surface area (Å²) in [7, 11) is 1.67. The first-order valence-electron chi connectivity index (χ1n) is 7.42. The Hall–Kier alpha value is -1.50. The molecule has 0 aromatic carbocycles. The van der Waals surface area contributed by atoms with Gasteiger partial charge in [-0.15, -0.1) is 11.3 Å². The standard InChI is InChI=1S/C16H23N3O2S/c1-6-9(2)18-19-15(20)14-11(4)13-12(8-21-5)7-10(3)17-16(13)22-14/h7,9,18H,6,8H2,1-5H3,(H,19,20). The molecule has 0 bridgehead atoms. The van der Waals surface area contributed by atoms with Gasteiger partial charge < -0.3 is 4.74 Å². The molecule has 22 heavy (non-hydrogen) atoms. The summed E-state index contributed by atoms with van der Waals surface area (Å²) in [4.78, 5) is 18.5. The lowest BCUT2D eigenvalue weighted by Gasteiger charge is -2.12. The van der Waals surface area contributed by atoms with Gasteiger partial charge in [-0.3, -0.25) is 10.2 Å². The molecule has 0 fully saturated rings. The monoisotopic (exact) mass is 321 g/mol. The van der Waals surface area contributed by atoms with Crippen LogP contribution in [-0.2, 0) is 11.3 Å². The van der Waals surface area contributed by atoms with Gasteiger partial charge >= 0.3 is 0 Å². The molecule has 2 heterocycles. The van der Waals surface area contributed by atoms with Gasteiger partial charge in [-0.05, 0) is 44.4 Å². The number of aromatic nitrogens is 1. The largest absolute Gasteiger partial charge is 0.380 e. The van der Waals surface area contributed by atoms with Crippen LogP contribution in [0.1, 0.15) is 46.8 Å². The lowest BCUT2D eigenvalue weighted by molar-refractivity contribution is 0.0929. The average molecular weight is 321 g/mol. The fourth-order valence-corrected chi connectivity index (χ4v) is 3.47. The Balaban J connectivity index is 2.37. The van der Waals surface area contributed by atoms with Crippen molar-refractivity contribution in [1.82, 2.24) is 15.8 Å². The van der Waals surface area contributed by atoms with E-state index in [4.69, 9.17) is 4.74 Å². The molecule has 2 N–H and O–H groups in total. The predicted molar refractivity (Wildman–Crippen MR) is 90.2 cm³/mol. The zero-order valence-corrected chi connectivity index (χ0v) is 14.6. The van der Waals surface area contributed by atoms with Crippen LogP contribution in [0.15, 0.2) is 6.07 Å². The fraction of sp³-hybridized carbons (Fsp3) is 0.500. The SMILES string of the molecule is CCC(C)NNC(=O)c1sc2nc(C)cc(COC)c2c1C.